The van der Waals surface area contributed by atoms with Crippen molar-refractivity contribution >= 4 is 62.1 Å². The summed E-state index contributed by atoms with van der Waals surface area (Å²) in [7, 11) is 0. The van der Waals surface area contributed by atoms with E-state index in [0.717, 1.165) is 21.3 Å². The highest BCUT2D eigenvalue weighted by Crippen LogP contribution is 2.36. The Bertz CT molecular complexity index is 1310. The monoisotopic (exact) mass is 497 g/mol. The number of amides is 1. The summed E-state index contributed by atoms with van der Waals surface area (Å²) in [6.45, 7) is 3.55. The molecule has 0 atom stereocenters. The molecule has 1 heterocycles. The predicted molar refractivity (Wildman–Crippen MR) is 138 cm³/mol. The molecule has 3 aromatic carbocycles. The van der Waals surface area contributed by atoms with Gasteiger partial charge in [0.1, 0.15) is 16.5 Å². The van der Waals surface area contributed by atoms with Gasteiger partial charge in [-0.15, -0.1) is 11.3 Å². The number of halogens is 1. The molecular formula is C24H20ClN3O3S2. The van der Waals surface area contributed by atoms with Crippen molar-refractivity contribution in [3.8, 4) is 22.1 Å². The molecule has 1 amide bonds. The summed E-state index contributed by atoms with van der Waals surface area (Å²) >= 11 is 12.9. The molecule has 0 saturated heterocycles. The van der Waals surface area contributed by atoms with E-state index >= 15 is 0 Å². The Balaban J connectivity index is 1.39. The number of carbonyl (C=O) groups is 1. The topological polar surface area (TPSA) is 83.5 Å². The number of nitrogens with zero attached hydrogens (tertiary/aromatic N) is 1. The molecule has 9 heteroatoms. The van der Waals surface area contributed by atoms with E-state index in [9.17, 15) is 9.90 Å². The third-order valence-corrected chi connectivity index (χ3v) is 6.68. The number of phenolic OH excluding ortho intramolecular Hbond substituents is 1. The number of benzene rings is 3. The fourth-order valence-corrected chi connectivity index (χ4v) is 4.57. The Labute approximate surface area is 205 Å². The number of aromatic hydroxyl groups is 1. The van der Waals surface area contributed by atoms with E-state index in [1.165, 1.54) is 11.3 Å². The Hall–Kier alpha value is -3.20. The number of anilines is 1. The molecule has 168 valence electrons. The molecule has 0 saturated carbocycles. The summed E-state index contributed by atoms with van der Waals surface area (Å²) in [5, 5.41) is 17.4. The third kappa shape index (κ3) is 5.42. The molecule has 0 bridgehead atoms. The molecular weight excluding hydrogens is 478 g/mol. The van der Waals surface area contributed by atoms with Crippen molar-refractivity contribution in [1.29, 1.82) is 0 Å². The van der Waals surface area contributed by atoms with Crippen molar-refractivity contribution in [2.24, 2.45) is 0 Å². The summed E-state index contributed by atoms with van der Waals surface area (Å²) < 4.78 is 6.59. The number of fused-ring (bicyclic) bond motifs is 1. The van der Waals surface area contributed by atoms with E-state index in [0.29, 0.717) is 27.0 Å². The highest BCUT2D eigenvalue weighted by atomic mass is 35.5. The molecule has 4 aromatic rings. The van der Waals surface area contributed by atoms with Crippen LogP contribution >= 0.6 is 35.2 Å². The predicted octanol–water partition coefficient (Wildman–Crippen LogP) is 5.83. The molecule has 0 unspecified atom stereocenters. The van der Waals surface area contributed by atoms with Gasteiger partial charge in [-0.25, -0.2) is 4.98 Å². The lowest BCUT2D eigenvalue weighted by Gasteiger charge is -2.12. The van der Waals surface area contributed by atoms with E-state index < -0.39 is 5.91 Å². The first-order valence-corrected chi connectivity index (χ1v) is 11.6. The fourth-order valence-electron chi connectivity index (χ4n) is 3.24. The van der Waals surface area contributed by atoms with Gasteiger partial charge in [0.25, 0.3) is 5.91 Å². The lowest BCUT2D eigenvalue weighted by atomic mass is 10.1. The molecule has 0 aliphatic rings. The van der Waals surface area contributed by atoms with Crippen molar-refractivity contribution in [3.63, 3.8) is 0 Å². The fraction of sp³-hybridized carbons (Fsp3) is 0.125. The zero-order chi connectivity index (χ0) is 23.5. The summed E-state index contributed by atoms with van der Waals surface area (Å²) in [4.78, 5) is 16.8. The highest BCUT2D eigenvalue weighted by molar-refractivity contribution is 7.80. The Morgan fingerprint density at radius 1 is 1.15 bits per heavy atom. The summed E-state index contributed by atoms with van der Waals surface area (Å²) in [5.74, 6) is 0.266. The maximum atomic E-state index is 12.3. The highest BCUT2D eigenvalue weighted by Gasteiger charge is 2.13. The largest absolute Gasteiger partial charge is 0.507 e. The van der Waals surface area contributed by atoms with Crippen LogP contribution in [0, 0.1) is 13.8 Å². The van der Waals surface area contributed by atoms with Gasteiger partial charge in [0, 0.05) is 10.7 Å². The summed E-state index contributed by atoms with van der Waals surface area (Å²) in [6, 6.07) is 16.3. The van der Waals surface area contributed by atoms with Crippen LogP contribution in [0.15, 0.2) is 54.6 Å². The van der Waals surface area contributed by atoms with Crippen LogP contribution < -0.4 is 15.4 Å². The molecule has 0 radical (unpaired) electrons. The van der Waals surface area contributed by atoms with Gasteiger partial charge < -0.3 is 15.2 Å². The number of phenols is 1. The van der Waals surface area contributed by atoms with Crippen LogP contribution in [-0.2, 0) is 4.79 Å². The second-order valence-corrected chi connectivity index (χ2v) is 9.20. The Kier molecular flexibility index (Phi) is 6.78. The SMILES string of the molecule is Cc1cc(OCC(=O)NC(=S)Nc2ccc(O)c(-c3nc4ccccc4s3)c2)cc(C)c1Cl. The number of rotatable bonds is 5. The van der Waals surface area contributed by atoms with Crippen molar-refractivity contribution < 1.29 is 14.6 Å². The van der Waals surface area contributed by atoms with Crippen LogP contribution in [-0.4, -0.2) is 27.7 Å². The zero-order valence-electron chi connectivity index (χ0n) is 17.8. The number of para-hydroxylation sites is 1. The number of carbonyl (C=O) groups excluding carboxylic acids is 1. The second kappa shape index (κ2) is 9.74. The van der Waals surface area contributed by atoms with E-state index in [-0.39, 0.29) is 17.5 Å². The first kappa shape index (κ1) is 23.0. The Morgan fingerprint density at radius 3 is 2.61 bits per heavy atom. The number of thiazole rings is 1. The van der Waals surface area contributed by atoms with Crippen LogP contribution in [0.1, 0.15) is 11.1 Å². The second-order valence-electron chi connectivity index (χ2n) is 7.38. The van der Waals surface area contributed by atoms with Gasteiger partial charge in [0.05, 0.1) is 15.8 Å². The minimum atomic E-state index is -0.400. The molecule has 3 N–H and O–H groups in total. The number of hydrogen-bond acceptors (Lipinski definition) is 6. The van der Waals surface area contributed by atoms with Crippen molar-refractivity contribution in [3.05, 3.63) is 70.7 Å². The lowest BCUT2D eigenvalue weighted by Crippen LogP contribution is -2.37. The smallest absolute Gasteiger partial charge is 0.264 e. The number of aryl methyl sites for hydroxylation is 2. The van der Waals surface area contributed by atoms with Gasteiger partial charge in [0.2, 0.25) is 0 Å². The maximum Gasteiger partial charge on any atom is 0.264 e. The van der Waals surface area contributed by atoms with Crippen LogP contribution in [0.5, 0.6) is 11.5 Å². The normalized spacial score (nSPS) is 10.8. The molecule has 4 rings (SSSR count). The summed E-state index contributed by atoms with van der Waals surface area (Å²) in [5.41, 5.74) is 3.80. The van der Waals surface area contributed by atoms with Gasteiger partial charge in [-0.05, 0) is 79.7 Å². The number of nitrogens with one attached hydrogen (secondary N) is 2. The van der Waals surface area contributed by atoms with Gasteiger partial charge >= 0.3 is 0 Å². The number of thiocarbonyl (C=S) groups is 1. The van der Waals surface area contributed by atoms with Gasteiger partial charge in [-0.3, -0.25) is 10.1 Å². The first-order chi connectivity index (χ1) is 15.8. The molecule has 0 fully saturated rings. The lowest BCUT2D eigenvalue weighted by molar-refractivity contribution is -0.121. The average molecular weight is 498 g/mol. The van der Waals surface area contributed by atoms with Gasteiger partial charge in [0.15, 0.2) is 11.7 Å². The van der Waals surface area contributed by atoms with Crippen LogP contribution in [0.4, 0.5) is 5.69 Å². The van der Waals surface area contributed by atoms with Crippen LogP contribution in [0.3, 0.4) is 0 Å². The zero-order valence-corrected chi connectivity index (χ0v) is 20.2. The van der Waals surface area contributed by atoms with E-state index in [1.807, 2.05) is 38.1 Å². The van der Waals surface area contributed by atoms with Gasteiger partial charge in [-0.2, -0.15) is 0 Å². The molecule has 0 spiro atoms. The molecule has 0 aliphatic carbocycles. The average Bonchev–Trinajstić information content (AvgIpc) is 3.21. The van der Waals surface area contributed by atoms with E-state index in [4.69, 9.17) is 28.6 Å². The molecule has 6 nitrogen and oxygen atoms in total. The Morgan fingerprint density at radius 2 is 1.88 bits per heavy atom. The van der Waals surface area contributed by atoms with Crippen molar-refractivity contribution in [1.82, 2.24) is 10.3 Å². The van der Waals surface area contributed by atoms with Crippen LogP contribution in [0.2, 0.25) is 5.02 Å². The van der Waals surface area contributed by atoms with Gasteiger partial charge in [-0.1, -0.05) is 23.7 Å². The van der Waals surface area contributed by atoms with E-state index in [2.05, 4.69) is 15.6 Å². The minimum Gasteiger partial charge on any atom is -0.507 e. The number of ether oxygens (including phenoxy) is 1. The molecule has 33 heavy (non-hydrogen) atoms. The molecule has 0 aliphatic heterocycles. The van der Waals surface area contributed by atoms with Crippen LogP contribution in [0.25, 0.3) is 20.8 Å². The number of aromatic nitrogens is 1. The minimum absolute atomic E-state index is 0.108. The van der Waals surface area contributed by atoms with Crippen molar-refractivity contribution in [2.75, 3.05) is 11.9 Å². The molecule has 1 aromatic heterocycles. The number of hydrogen-bond donors (Lipinski definition) is 3. The van der Waals surface area contributed by atoms with E-state index in [1.54, 1.807) is 30.3 Å². The third-order valence-electron chi connectivity index (χ3n) is 4.81. The maximum absolute atomic E-state index is 12.3. The summed E-state index contributed by atoms with van der Waals surface area (Å²) in [6.07, 6.45) is 0. The standard InChI is InChI=1S/C24H20ClN3O3S2/c1-13-9-16(10-14(2)22(13)25)31-12-21(30)28-24(32)26-15-7-8-19(29)17(11-15)23-27-18-5-3-4-6-20(18)33-23/h3-11,29H,12H2,1-2H3,(H2,26,28,30,32). The quantitative estimate of drug-likeness (QED) is 0.237. The van der Waals surface area contributed by atoms with Crippen molar-refractivity contribution in [2.45, 2.75) is 13.8 Å². The first-order valence-electron chi connectivity index (χ1n) is 9.99.